The molecule has 0 spiro atoms. The highest BCUT2D eigenvalue weighted by Crippen LogP contribution is 2.52. The molecule has 2 saturated carbocycles. The third-order valence-corrected chi connectivity index (χ3v) is 9.05. The summed E-state index contributed by atoms with van der Waals surface area (Å²) in [4.78, 5) is 27.0. The van der Waals surface area contributed by atoms with Crippen molar-refractivity contribution >= 4 is 35.1 Å². The summed E-state index contributed by atoms with van der Waals surface area (Å²) in [5, 5.41) is 16.3. The molecule has 1 aliphatic heterocycles. The molecule has 1 saturated heterocycles. The Labute approximate surface area is 228 Å². The summed E-state index contributed by atoms with van der Waals surface area (Å²) in [6.45, 7) is 3.93. The van der Waals surface area contributed by atoms with Gasteiger partial charge in [-0.05, 0) is 86.4 Å². The Bertz CT molecular complexity index is 1190. The lowest BCUT2D eigenvalue weighted by Gasteiger charge is -2.58. The number of carbonyl (C=O) groups is 2. The van der Waals surface area contributed by atoms with Crippen LogP contribution in [0.3, 0.4) is 0 Å². The summed E-state index contributed by atoms with van der Waals surface area (Å²) in [6.07, 6.45) is 5.45. The molecule has 2 aliphatic carbocycles. The highest BCUT2D eigenvalue weighted by molar-refractivity contribution is 6.42. The SMILES string of the molecule is CC(=O)Oc1cccc(C23CCN(CC4CC4)CC2(O)CCC(NC(=O)Cc2ccc(Cl)c(Cl)c2)C3)c1. The maximum absolute atomic E-state index is 13.0. The van der Waals surface area contributed by atoms with Crippen LogP contribution in [0.5, 0.6) is 5.75 Å². The first kappa shape index (κ1) is 26.5. The second-order valence-corrected chi connectivity index (χ2v) is 11.9. The molecule has 2 N–H and O–H groups in total. The molecule has 37 heavy (non-hydrogen) atoms. The molecule has 0 bridgehead atoms. The van der Waals surface area contributed by atoms with Gasteiger partial charge in [-0.3, -0.25) is 9.59 Å². The van der Waals surface area contributed by atoms with Crippen molar-refractivity contribution in [2.75, 3.05) is 19.6 Å². The lowest BCUT2D eigenvalue weighted by Crippen LogP contribution is -2.67. The van der Waals surface area contributed by atoms with Crippen LogP contribution >= 0.6 is 23.2 Å². The van der Waals surface area contributed by atoms with Gasteiger partial charge in [0.2, 0.25) is 5.91 Å². The van der Waals surface area contributed by atoms with Crippen LogP contribution in [0.15, 0.2) is 42.5 Å². The fourth-order valence-corrected chi connectivity index (χ4v) is 6.66. The minimum absolute atomic E-state index is 0.0798. The molecule has 0 radical (unpaired) electrons. The normalized spacial score (nSPS) is 27.8. The zero-order chi connectivity index (χ0) is 26.2. The van der Waals surface area contributed by atoms with Gasteiger partial charge in [0.1, 0.15) is 5.75 Å². The van der Waals surface area contributed by atoms with Gasteiger partial charge in [-0.1, -0.05) is 41.4 Å². The van der Waals surface area contributed by atoms with Crippen LogP contribution in [-0.4, -0.2) is 53.2 Å². The summed E-state index contributed by atoms with van der Waals surface area (Å²) in [7, 11) is 0. The number of amides is 1. The maximum atomic E-state index is 13.0. The smallest absolute Gasteiger partial charge is 0.308 e. The molecule has 1 heterocycles. The topological polar surface area (TPSA) is 78.9 Å². The standard InChI is InChI=1S/C29H34Cl2N2O4/c1-19(34)37-24-4-2-3-22(15-24)28-11-12-33(17-20-5-6-20)18-29(28,36)10-9-23(16-28)32-27(35)14-21-7-8-25(30)26(31)13-21/h2-4,7-8,13,15,20,23,36H,5-6,9-12,14,16-18H2,1H3,(H,32,35). The number of hydrogen-bond acceptors (Lipinski definition) is 5. The van der Waals surface area contributed by atoms with E-state index in [1.54, 1.807) is 18.2 Å². The van der Waals surface area contributed by atoms with Crippen molar-refractivity contribution in [2.45, 2.75) is 68.9 Å². The van der Waals surface area contributed by atoms with Crippen molar-refractivity contribution in [1.82, 2.24) is 10.2 Å². The van der Waals surface area contributed by atoms with Gasteiger partial charge in [0.25, 0.3) is 0 Å². The molecule has 2 aromatic rings. The molecule has 0 aromatic heterocycles. The highest BCUT2D eigenvalue weighted by Gasteiger charge is 2.58. The third-order valence-electron chi connectivity index (χ3n) is 8.31. The number of benzene rings is 2. The first-order valence-corrected chi connectivity index (χ1v) is 13.9. The number of esters is 1. The lowest BCUT2D eigenvalue weighted by atomic mass is 9.55. The van der Waals surface area contributed by atoms with Crippen LogP contribution < -0.4 is 10.1 Å². The second kappa shape index (κ2) is 10.6. The fourth-order valence-electron chi connectivity index (χ4n) is 6.34. The molecule has 1 amide bonds. The van der Waals surface area contributed by atoms with Gasteiger partial charge in [0.15, 0.2) is 0 Å². The van der Waals surface area contributed by atoms with Gasteiger partial charge in [0.05, 0.1) is 22.1 Å². The zero-order valence-electron chi connectivity index (χ0n) is 21.1. The van der Waals surface area contributed by atoms with E-state index in [4.69, 9.17) is 27.9 Å². The number of aliphatic hydroxyl groups is 1. The van der Waals surface area contributed by atoms with Crippen LogP contribution in [0, 0.1) is 5.92 Å². The molecule has 3 fully saturated rings. The number of β-amino-alcohol motifs (C(OH)–C–C–N with tert-alkyl or cyclic N) is 1. The number of rotatable bonds is 7. The molecule has 2 aromatic carbocycles. The molecule has 8 heteroatoms. The number of likely N-dealkylation sites (tertiary alicyclic amines) is 1. The van der Waals surface area contributed by atoms with E-state index in [1.807, 2.05) is 24.3 Å². The minimum atomic E-state index is -0.931. The predicted molar refractivity (Wildman–Crippen MR) is 144 cm³/mol. The Balaban J connectivity index is 1.38. The Morgan fingerprint density at radius 3 is 2.65 bits per heavy atom. The minimum Gasteiger partial charge on any atom is -0.427 e. The molecule has 3 atom stereocenters. The van der Waals surface area contributed by atoms with Crippen LogP contribution in [0.25, 0.3) is 0 Å². The van der Waals surface area contributed by atoms with Crippen molar-refractivity contribution in [1.29, 1.82) is 0 Å². The van der Waals surface area contributed by atoms with Crippen molar-refractivity contribution in [3.8, 4) is 5.75 Å². The Morgan fingerprint density at radius 1 is 1.11 bits per heavy atom. The molecule has 6 nitrogen and oxygen atoms in total. The van der Waals surface area contributed by atoms with Gasteiger partial charge >= 0.3 is 5.97 Å². The number of nitrogens with zero attached hydrogens (tertiary/aromatic N) is 1. The van der Waals surface area contributed by atoms with Crippen molar-refractivity contribution in [2.24, 2.45) is 5.92 Å². The largest absolute Gasteiger partial charge is 0.427 e. The van der Waals surface area contributed by atoms with Crippen molar-refractivity contribution in [3.63, 3.8) is 0 Å². The third kappa shape index (κ3) is 5.83. The van der Waals surface area contributed by atoms with E-state index in [-0.39, 0.29) is 24.3 Å². The fraction of sp³-hybridized carbons (Fsp3) is 0.517. The van der Waals surface area contributed by atoms with E-state index >= 15 is 0 Å². The van der Waals surface area contributed by atoms with E-state index in [0.29, 0.717) is 41.6 Å². The number of hydrogen-bond donors (Lipinski definition) is 2. The predicted octanol–water partition coefficient (Wildman–Crippen LogP) is 4.91. The quantitative estimate of drug-likeness (QED) is 0.382. The van der Waals surface area contributed by atoms with Gasteiger partial charge < -0.3 is 20.1 Å². The van der Waals surface area contributed by atoms with Crippen LogP contribution in [0.2, 0.25) is 10.0 Å². The Morgan fingerprint density at radius 2 is 1.92 bits per heavy atom. The van der Waals surface area contributed by atoms with E-state index < -0.39 is 11.0 Å². The van der Waals surface area contributed by atoms with Crippen molar-refractivity contribution < 1.29 is 19.4 Å². The van der Waals surface area contributed by atoms with Crippen LogP contribution in [-0.2, 0) is 21.4 Å². The average molecular weight is 546 g/mol. The Hall–Kier alpha value is -2.12. The number of fused-ring (bicyclic) bond motifs is 1. The zero-order valence-corrected chi connectivity index (χ0v) is 22.7. The van der Waals surface area contributed by atoms with Gasteiger partial charge in [0, 0.05) is 31.5 Å². The molecule has 3 unspecified atom stereocenters. The molecular weight excluding hydrogens is 511 g/mol. The van der Waals surface area contributed by atoms with Crippen LogP contribution in [0.4, 0.5) is 0 Å². The monoisotopic (exact) mass is 544 g/mol. The number of piperidine rings is 1. The average Bonchev–Trinajstić information content (AvgIpc) is 3.65. The molecule has 198 valence electrons. The number of carbonyl (C=O) groups excluding carboxylic acids is 2. The van der Waals surface area contributed by atoms with E-state index in [2.05, 4.69) is 10.2 Å². The van der Waals surface area contributed by atoms with Gasteiger partial charge in [-0.25, -0.2) is 0 Å². The summed E-state index contributed by atoms with van der Waals surface area (Å²) in [5.41, 5.74) is 0.280. The van der Waals surface area contributed by atoms with Gasteiger partial charge in [-0.15, -0.1) is 0 Å². The van der Waals surface area contributed by atoms with Gasteiger partial charge in [-0.2, -0.15) is 0 Å². The first-order chi connectivity index (χ1) is 17.7. The number of halogens is 2. The molecule has 5 rings (SSSR count). The molecule has 3 aliphatic rings. The first-order valence-electron chi connectivity index (χ1n) is 13.1. The maximum Gasteiger partial charge on any atom is 0.308 e. The van der Waals surface area contributed by atoms with E-state index in [0.717, 1.165) is 36.6 Å². The van der Waals surface area contributed by atoms with Crippen LogP contribution in [0.1, 0.15) is 56.6 Å². The summed E-state index contributed by atoms with van der Waals surface area (Å²) >= 11 is 12.1. The summed E-state index contributed by atoms with van der Waals surface area (Å²) < 4.78 is 5.39. The van der Waals surface area contributed by atoms with E-state index in [1.165, 1.54) is 19.8 Å². The number of nitrogens with one attached hydrogen (secondary N) is 1. The summed E-state index contributed by atoms with van der Waals surface area (Å²) in [6, 6.07) is 12.7. The number of ether oxygens (including phenoxy) is 1. The lowest BCUT2D eigenvalue weighted by molar-refractivity contribution is -0.134. The highest BCUT2D eigenvalue weighted by atomic mass is 35.5. The van der Waals surface area contributed by atoms with Crippen molar-refractivity contribution in [3.05, 3.63) is 63.6 Å². The van der Waals surface area contributed by atoms with E-state index in [9.17, 15) is 14.7 Å². The summed E-state index contributed by atoms with van der Waals surface area (Å²) in [5.74, 6) is 0.775. The molecular formula is C29H34Cl2N2O4. The Kier molecular flexibility index (Phi) is 7.56. The second-order valence-electron chi connectivity index (χ2n) is 11.1.